The molecule has 1 aromatic rings. The minimum Gasteiger partial charge on any atom is -0.464 e. The summed E-state index contributed by atoms with van der Waals surface area (Å²) in [6, 6.07) is 0.656. The fourth-order valence-electron chi connectivity index (χ4n) is 3.12. The lowest BCUT2D eigenvalue weighted by Crippen LogP contribution is -2.35. The summed E-state index contributed by atoms with van der Waals surface area (Å²) in [7, 11) is 1.40. The van der Waals surface area contributed by atoms with Crippen LogP contribution in [0.2, 0.25) is 0 Å². The van der Waals surface area contributed by atoms with Crippen molar-refractivity contribution in [1.29, 1.82) is 0 Å². The quantitative estimate of drug-likeness (QED) is 0.797. The molecular weight excluding hydrogens is 274 g/mol. The smallest absolute Gasteiger partial charge is 0.357 e. The van der Waals surface area contributed by atoms with Gasteiger partial charge in [0.25, 0.3) is 0 Å². The van der Waals surface area contributed by atoms with E-state index in [2.05, 4.69) is 14.8 Å². The van der Waals surface area contributed by atoms with Crippen molar-refractivity contribution in [2.45, 2.75) is 32.2 Å². The van der Waals surface area contributed by atoms with Crippen LogP contribution < -0.4 is 4.90 Å². The van der Waals surface area contributed by atoms with Crippen molar-refractivity contribution < 1.29 is 9.53 Å². The number of hydrogen-bond donors (Lipinski definition) is 0. The molecule has 0 amide bonds. The van der Waals surface area contributed by atoms with E-state index in [0.717, 1.165) is 23.1 Å². The van der Waals surface area contributed by atoms with E-state index in [1.165, 1.54) is 39.5 Å². The average molecular weight is 295 g/mol. The lowest BCUT2D eigenvalue weighted by atomic mass is 10.2. The molecule has 6 heteroatoms. The third-order valence-electron chi connectivity index (χ3n) is 4.25. The lowest BCUT2D eigenvalue weighted by molar-refractivity contribution is 0.0594. The summed E-state index contributed by atoms with van der Waals surface area (Å²) in [5.74, 6) is -0.333. The molecule has 2 aliphatic rings. The second-order valence-electron chi connectivity index (χ2n) is 5.52. The third kappa shape index (κ3) is 2.54. The van der Waals surface area contributed by atoms with Gasteiger partial charge in [-0.25, -0.2) is 9.78 Å². The molecule has 0 saturated carbocycles. The Balaban J connectivity index is 1.69. The van der Waals surface area contributed by atoms with Crippen LogP contribution in [0.3, 0.4) is 0 Å². The number of methoxy groups -OCH3 is 1. The van der Waals surface area contributed by atoms with Gasteiger partial charge in [0.05, 0.1) is 7.11 Å². The highest BCUT2D eigenvalue weighted by Gasteiger charge is 2.31. The van der Waals surface area contributed by atoms with Gasteiger partial charge in [-0.2, -0.15) is 0 Å². The molecule has 2 fully saturated rings. The van der Waals surface area contributed by atoms with Gasteiger partial charge in [-0.05, 0) is 39.3 Å². The molecule has 0 spiro atoms. The molecule has 2 saturated heterocycles. The largest absolute Gasteiger partial charge is 0.464 e. The summed E-state index contributed by atoms with van der Waals surface area (Å²) >= 11 is 1.60. The van der Waals surface area contributed by atoms with E-state index in [9.17, 15) is 4.79 Å². The Morgan fingerprint density at radius 3 is 2.80 bits per heavy atom. The van der Waals surface area contributed by atoms with Gasteiger partial charge in [-0.15, -0.1) is 11.3 Å². The van der Waals surface area contributed by atoms with Crippen molar-refractivity contribution in [2.24, 2.45) is 0 Å². The number of rotatable bonds is 3. The predicted molar refractivity (Wildman–Crippen MR) is 79.6 cm³/mol. The van der Waals surface area contributed by atoms with Crippen LogP contribution in [0.4, 0.5) is 5.13 Å². The van der Waals surface area contributed by atoms with Crippen LogP contribution in [0.25, 0.3) is 0 Å². The Morgan fingerprint density at radius 1 is 1.35 bits per heavy atom. The molecule has 0 aliphatic carbocycles. The number of esters is 1. The summed E-state index contributed by atoms with van der Waals surface area (Å²) in [5.41, 5.74) is 0.470. The molecule has 5 nitrogen and oxygen atoms in total. The average Bonchev–Trinajstić information content (AvgIpc) is 3.16. The number of likely N-dealkylation sites (tertiary alicyclic amines) is 1. The van der Waals surface area contributed by atoms with Crippen molar-refractivity contribution in [3.8, 4) is 0 Å². The highest BCUT2D eigenvalue weighted by molar-refractivity contribution is 7.15. The zero-order valence-electron chi connectivity index (χ0n) is 12.1. The molecule has 3 rings (SSSR count). The monoisotopic (exact) mass is 295 g/mol. The molecule has 1 unspecified atom stereocenters. The molecule has 20 heavy (non-hydrogen) atoms. The van der Waals surface area contributed by atoms with Gasteiger partial charge in [-0.3, -0.25) is 4.90 Å². The minimum atomic E-state index is -0.333. The van der Waals surface area contributed by atoms with Gasteiger partial charge in [0.1, 0.15) is 0 Å². The molecule has 110 valence electrons. The van der Waals surface area contributed by atoms with E-state index in [-0.39, 0.29) is 5.97 Å². The van der Waals surface area contributed by atoms with Crippen molar-refractivity contribution in [3.63, 3.8) is 0 Å². The van der Waals surface area contributed by atoms with Crippen LogP contribution in [0.15, 0.2) is 0 Å². The molecule has 1 aromatic heterocycles. The molecule has 0 radical (unpaired) electrons. The third-order valence-corrected chi connectivity index (χ3v) is 5.29. The van der Waals surface area contributed by atoms with Crippen molar-refractivity contribution in [1.82, 2.24) is 9.88 Å². The van der Waals surface area contributed by atoms with Gasteiger partial charge in [0.15, 0.2) is 10.8 Å². The summed E-state index contributed by atoms with van der Waals surface area (Å²) in [4.78, 5) is 22.0. The summed E-state index contributed by atoms with van der Waals surface area (Å²) in [6.07, 6.45) is 3.87. The van der Waals surface area contributed by atoms with E-state index in [0.29, 0.717) is 11.7 Å². The Hall–Kier alpha value is -1.14. The zero-order valence-corrected chi connectivity index (χ0v) is 12.9. The van der Waals surface area contributed by atoms with E-state index in [1.54, 1.807) is 11.3 Å². The number of aromatic nitrogens is 1. The van der Waals surface area contributed by atoms with Crippen molar-refractivity contribution in [3.05, 3.63) is 10.6 Å². The van der Waals surface area contributed by atoms with Gasteiger partial charge < -0.3 is 9.64 Å². The highest BCUT2D eigenvalue weighted by Crippen LogP contribution is 2.30. The van der Waals surface area contributed by atoms with E-state index < -0.39 is 0 Å². The van der Waals surface area contributed by atoms with E-state index >= 15 is 0 Å². The first kappa shape index (κ1) is 13.8. The fraction of sp³-hybridized carbons (Fsp3) is 0.714. The number of nitrogens with zero attached hydrogens (tertiary/aromatic N) is 3. The fourth-order valence-corrected chi connectivity index (χ4v) is 4.06. The number of carbonyl (C=O) groups is 1. The number of hydrogen-bond acceptors (Lipinski definition) is 6. The minimum absolute atomic E-state index is 0.333. The first-order chi connectivity index (χ1) is 9.69. The van der Waals surface area contributed by atoms with Crippen LogP contribution >= 0.6 is 11.3 Å². The summed E-state index contributed by atoms with van der Waals surface area (Å²) in [6.45, 7) is 6.48. The highest BCUT2D eigenvalue weighted by atomic mass is 32.1. The maximum absolute atomic E-state index is 11.6. The number of thiazole rings is 1. The molecule has 0 bridgehead atoms. The molecule has 3 heterocycles. The Labute approximate surface area is 123 Å². The Morgan fingerprint density at radius 2 is 2.10 bits per heavy atom. The van der Waals surface area contributed by atoms with Crippen LogP contribution in [-0.2, 0) is 4.74 Å². The van der Waals surface area contributed by atoms with Crippen molar-refractivity contribution in [2.75, 3.05) is 38.2 Å². The first-order valence-corrected chi connectivity index (χ1v) is 8.05. The number of ether oxygens (including phenoxy) is 1. The number of anilines is 1. The maximum Gasteiger partial charge on any atom is 0.357 e. The van der Waals surface area contributed by atoms with Gasteiger partial charge in [-0.1, -0.05) is 0 Å². The maximum atomic E-state index is 11.6. The molecule has 2 aliphatic heterocycles. The van der Waals surface area contributed by atoms with Crippen LogP contribution in [0.1, 0.15) is 34.6 Å². The van der Waals surface area contributed by atoms with Gasteiger partial charge in [0, 0.05) is 24.0 Å². The predicted octanol–water partition coefficient (Wildman–Crippen LogP) is 1.91. The van der Waals surface area contributed by atoms with Gasteiger partial charge >= 0.3 is 5.97 Å². The van der Waals surface area contributed by atoms with E-state index in [1.807, 2.05) is 6.92 Å². The lowest BCUT2D eigenvalue weighted by Gasteiger charge is -2.23. The topological polar surface area (TPSA) is 45.7 Å². The normalized spacial score (nSPS) is 23.5. The summed E-state index contributed by atoms with van der Waals surface area (Å²) in [5, 5.41) is 0.963. The summed E-state index contributed by atoms with van der Waals surface area (Å²) < 4.78 is 4.77. The molecular formula is C14H21N3O2S. The standard InChI is InChI=1S/C14H21N3O2S/c1-10-12(13(18)19-2)15-14(20-10)17-8-5-11(9-17)16-6-3-4-7-16/h11H,3-9H2,1-2H3. The molecule has 0 N–H and O–H groups in total. The Bertz CT molecular complexity index is 497. The Kier molecular flexibility index (Phi) is 3.94. The number of aryl methyl sites for hydroxylation is 1. The van der Waals surface area contributed by atoms with Gasteiger partial charge in [0.2, 0.25) is 0 Å². The van der Waals surface area contributed by atoms with Crippen LogP contribution in [-0.4, -0.2) is 55.2 Å². The van der Waals surface area contributed by atoms with Crippen LogP contribution in [0, 0.1) is 6.92 Å². The second-order valence-corrected chi connectivity index (χ2v) is 6.71. The molecule has 0 aromatic carbocycles. The van der Waals surface area contributed by atoms with E-state index in [4.69, 9.17) is 4.74 Å². The number of carbonyl (C=O) groups excluding carboxylic acids is 1. The zero-order chi connectivity index (χ0) is 14.1. The van der Waals surface area contributed by atoms with Crippen LogP contribution in [0.5, 0.6) is 0 Å². The second kappa shape index (κ2) is 5.69. The first-order valence-electron chi connectivity index (χ1n) is 7.24. The van der Waals surface area contributed by atoms with Crippen molar-refractivity contribution >= 4 is 22.4 Å². The SMILES string of the molecule is COC(=O)c1nc(N2CCC(N3CCCC3)C2)sc1C. The molecule has 1 atom stereocenters.